The van der Waals surface area contributed by atoms with Crippen LogP contribution in [0.2, 0.25) is 0 Å². The van der Waals surface area contributed by atoms with Gasteiger partial charge in [-0.2, -0.15) is 0 Å². The van der Waals surface area contributed by atoms with Crippen LogP contribution in [0.4, 0.5) is 0 Å². The van der Waals surface area contributed by atoms with Gasteiger partial charge in [-0.1, -0.05) is 0 Å². The van der Waals surface area contributed by atoms with Crippen molar-refractivity contribution >= 4 is 28.5 Å². The molecule has 1 heterocycles. The number of amides is 1. The van der Waals surface area contributed by atoms with Crippen LogP contribution in [-0.4, -0.2) is 29.0 Å². The van der Waals surface area contributed by atoms with E-state index in [1.54, 1.807) is 18.2 Å². The zero-order valence-electron chi connectivity index (χ0n) is 8.24. The lowest BCUT2D eigenvalue weighted by molar-refractivity contribution is 0.0792. The van der Waals surface area contributed by atoms with Crippen molar-refractivity contribution < 1.29 is 9.90 Å². The number of likely N-dealkylation sites (tertiary alicyclic amines) is 1. The number of phenols is 1. The van der Waals surface area contributed by atoms with Crippen molar-refractivity contribution in [1.29, 1.82) is 0 Å². The van der Waals surface area contributed by atoms with Crippen LogP contribution in [0.1, 0.15) is 23.2 Å². The number of aromatic hydroxyl groups is 1. The van der Waals surface area contributed by atoms with Gasteiger partial charge in [-0.15, -0.1) is 0 Å². The first-order valence-electron chi connectivity index (χ1n) is 4.96. The van der Waals surface area contributed by atoms with Gasteiger partial charge in [0.2, 0.25) is 0 Å². The van der Waals surface area contributed by atoms with Crippen molar-refractivity contribution in [2.45, 2.75) is 12.8 Å². The van der Waals surface area contributed by atoms with Gasteiger partial charge in [0.1, 0.15) is 5.75 Å². The second-order valence-corrected chi connectivity index (χ2v) is 4.83. The minimum absolute atomic E-state index is 0.0270. The number of nitrogens with zero attached hydrogens (tertiary/aromatic N) is 1. The molecular formula is C11H12INO2. The van der Waals surface area contributed by atoms with Crippen molar-refractivity contribution in [3.8, 4) is 5.75 Å². The van der Waals surface area contributed by atoms with Crippen LogP contribution in [-0.2, 0) is 0 Å². The number of carbonyl (C=O) groups excluding carboxylic acids is 1. The summed E-state index contributed by atoms with van der Waals surface area (Å²) in [5.74, 6) is 0.208. The van der Waals surface area contributed by atoms with Crippen LogP contribution in [0.3, 0.4) is 0 Å². The first kappa shape index (κ1) is 10.7. The molecule has 0 aromatic heterocycles. The third-order valence-electron chi connectivity index (χ3n) is 2.59. The maximum Gasteiger partial charge on any atom is 0.253 e. The summed E-state index contributed by atoms with van der Waals surface area (Å²) in [5, 5.41) is 9.51. The molecule has 0 atom stereocenters. The SMILES string of the molecule is O=C(c1ccc(I)c(O)c1)N1CCCC1. The van der Waals surface area contributed by atoms with E-state index in [9.17, 15) is 9.90 Å². The van der Waals surface area contributed by atoms with E-state index in [-0.39, 0.29) is 11.7 Å². The van der Waals surface area contributed by atoms with Crippen molar-refractivity contribution in [3.05, 3.63) is 27.3 Å². The Balaban J connectivity index is 2.21. The highest BCUT2D eigenvalue weighted by Crippen LogP contribution is 2.22. The Hall–Kier alpha value is -0.780. The Labute approximate surface area is 102 Å². The van der Waals surface area contributed by atoms with Gasteiger partial charge in [-0.25, -0.2) is 0 Å². The zero-order chi connectivity index (χ0) is 10.8. The Bertz CT molecular complexity index is 386. The Morgan fingerprint density at radius 3 is 2.60 bits per heavy atom. The molecule has 0 radical (unpaired) electrons. The van der Waals surface area contributed by atoms with E-state index in [0.29, 0.717) is 5.56 Å². The largest absolute Gasteiger partial charge is 0.507 e. The molecule has 0 aliphatic carbocycles. The summed E-state index contributed by atoms with van der Waals surface area (Å²) in [4.78, 5) is 13.8. The molecule has 1 aliphatic heterocycles. The summed E-state index contributed by atoms with van der Waals surface area (Å²) in [6, 6.07) is 5.07. The van der Waals surface area contributed by atoms with E-state index in [4.69, 9.17) is 0 Å². The molecule has 0 saturated carbocycles. The first-order valence-corrected chi connectivity index (χ1v) is 6.04. The van der Waals surface area contributed by atoms with Crippen molar-refractivity contribution in [2.75, 3.05) is 13.1 Å². The summed E-state index contributed by atoms with van der Waals surface area (Å²) in [6.45, 7) is 1.68. The van der Waals surface area contributed by atoms with Gasteiger partial charge >= 0.3 is 0 Å². The zero-order valence-corrected chi connectivity index (χ0v) is 10.4. The van der Waals surface area contributed by atoms with Gasteiger partial charge in [0.25, 0.3) is 5.91 Å². The molecule has 1 saturated heterocycles. The highest BCUT2D eigenvalue weighted by atomic mass is 127. The molecule has 1 amide bonds. The average molecular weight is 317 g/mol. The summed E-state index contributed by atoms with van der Waals surface area (Å²) in [6.07, 6.45) is 2.17. The lowest BCUT2D eigenvalue weighted by atomic mass is 10.2. The second kappa shape index (κ2) is 4.38. The predicted octanol–water partition coefficient (Wildman–Crippen LogP) is 2.23. The van der Waals surface area contributed by atoms with Crippen LogP contribution in [0.25, 0.3) is 0 Å². The lowest BCUT2D eigenvalue weighted by Crippen LogP contribution is -2.27. The fourth-order valence-corrected chi connectivity index (χ4v) is 2.08. The van der Waals surface area contributed by atoms with Crippen LogP contribution in [0.15, 0.2) is 18.2 Å². The van der Waals surface area contributed by atoms with Crippen LogP contribution < -0.4 is 0 Å². The third kappa shape index (κ3) is 2.25. The Kier molecular flexibility index (Phi) is 3.14. The molecular weight excluding hydrogens is 305 g/mol. The van der Waals surface area contributed by atoms with Gasteiger partial charge in [0.15, 0.2) is 0 Å². The van der Waals surface area contributed by atoms with E-state index < -0.39 is 0 Å². The van der Waals surface area contributed by atoms with Gasteiger partial charge in [-0.05, 0) is 53.6 Å². The highest BCUT2D eigenvalue weighted by Gasteiger charge is 2.19. The number of carbonyl (C=O) groups is 1. The summed E-state index contributed by atoms with van der Waals surface area (Å²) >= 11 is 2.04. The quantitative estimate of drug-likeness (QED) is 0.807. The minimum Gasteiger partial charge on any atom is -0.507 e. The van der Waals surface area contributed by atoms with E-state index in [1.165, 1.54) is 0 Å². The van der Waals surface area contributed by atoms with Crippen LogP contribution >= 0.6 is 22.6 Å². The maximum absolute atomic E-state index is 11.9. The van der Waals surface area contributed by atoms with Gasteiger partial charge in [0, 0.05) is 18.7 Å². The van der Waals surface area contributed by atoms with E-state index >= 15 is 0 Å². The molecule has 1 aromatic rings. The minimum atomic E-state index is 0.0270. The fraction of sp³-hybridized carbons (Fsp3) is 0.364. The van der Waals surface area contributed by atoms with Crippen LogP contribution in [0, 0.1) is 3.57 Å². The van der Waals surface area contributed by atoms with Gasteiger partial charge in [-0.3, -0.25) is 4.79 Å². The molecule has 1 aliphatic rings. The van der Waals surface area contributed by atoms with Crippen molar-refractivity contribution in [1.82, 2.24) is 4.90 Å². The number of benzene rings is 1. The standard InChI is InChI=1S/C11H12INO2/c12-9-4-3-8(7-10(9)14)11(15)13-5-1-2-6-13/h3-4,7,14H,1-2,5-6H2. The Morgan fingerprint density at radius 2 is 2.00 bits per heavy atom. The normalized spacial score (nSPS) is 15.7. The molecule has 0 unspecified atom stereocenters. The number of phenolic OH excluding ortho intramolecular Hbond substituents is 1. The van der Waals surface area contributed by atoms with Gasteiger partial charge in [0.05, 0.1) is 3.57 Å². The topological polar surface area (TPSA) is 40.5 Å². The van der Waals surface area contributed by atoms with E-state index in [0.717, 1.165) is 29.5 Å². The molecule has 4 heteroatoms. The molecule has 0 bridgehead atoms. The fourth-order valence-electron chi connectivity index (χ4n) is 1.75. The van der Waals surface area contributed by atoms with Crippen molar-refractivity contribution in [2.24, 2.45) is 0 Å². The second-order valence-electron chi connectivity index (χ2n) is 3.67. The van der Waals surface area contributed by atoms with Crippen molar-refractivity contribution in [3.63, 3.8) is 0 Å². The first-order chi connectivity index (χ1) is 7.18. The average Bonchev–Trinajstić information content (AvgIpc) is 2.74. The Morgan fingerprint density at radius 1 is 1.33 bits per heavy atom. The predicted molar refractivity (Wildman–Crippen MR) is 66.0 cm³/mol. The smallest absolute Gasteiger partial charge is 0.253 e. The molecule has 15 heavy (non-hydrogen) atoms. The molecule has 80 valence electrons. The molecule has 1 fully saturated rings. The lowest BCUT2D eigenvalue weighted by Gasteiger charge is -2.15. The third-order valence-corrected chi connectivity index (χ3v) is 3.50. The van der Waals surface area contributed by atoms with E-state index in [2.05, 4.69) is 0 Å². The number of hydrogen-bond acceptors (Lipinski definition) is 2. The molecule has 2 rings (SSSR count). The molecule has 0 spiro atoms. The molecule has 1 N–H and O–H groups in total. The van der Waals surface area contributed by atoms with Gasteiger partial charge < -0.3 is 10.0 Å². The summed E-state index contributed by atoms with van der Waals surface area (Å²) in [7, 11) is 0. The summed E-state index contributed by atoms with van der Waals surface area (Å²) < 4.78 is 0.769. The number of rotatable bonds is 1. The number of halogens is 1. The molecule has 3 nitrogen and oxygen atoms in total. The highest BCUT2D eigenvalue weighted by molar-refractivity contribution is 14.1. The van der Waals surface area contributed by atoms with E-state index in [1.807, 2.05) is 27.5 Å². The van der Waals surface area contributed by atoms with Crippen LogP contribution in [0.5, 0.6) is 5.75 Å². The summed E-state index contributed by atoms with van der Waals surface area (Å²) in [5.41, 5.74) is 0.579. The maximum atomic E-state index is 11.9. The monoisotopic (exact) mass is 317 g/mol. The number of hydrogen-bond donors (Lipinski definition) is 1. The molecule has 1 aromatic carbocycles.